The molecule has 1 aromatic rings. The monoisotopic (exact) mass is 279 g/mol. The molecular weight excluding hydrogens is 254 g/mol. The Morgan fingerprint density at radius 2 is 2.10 bits per heavy atom. The van der Waals surface area contributed by atoms with E-state index in [1.807, 2.05) is 0 Å². The molecule has 1 saturated carbocycles. The fourth-order valence-electron chi connectivity index (χ4n) is 3.34. The van der Waals surface area contributed by atoms with Crippen molar-refractivity contribution in [1.29, 1.82) is 0 Å². The van der Waals surface area contributed by atoms with Gasteiger partial charge in [-0.3, -0.25) is 4.90 Å². The summed E-state index contributed by atoms with van der Waals surface area (Å²) in [6.07, 6.45) is 4.30. The van der Waals surface area contributed by atoms with Crippen LogP contribution < -0.4 is 5.73 Å². The van der Waals surface area contributed by atoms with Gasteiger partial charge in [-0.25, -0.2) is 0 Å². The van der Waals surface area contributed by atoms with Crippen LogP contribution >= 0.6 is 0 Å². The zero-order chi connectivity index (χ0) is 14.1. The minimum Gasteiger partial charge on any atom is -0.339 e. The highest BCUT2D eigenvalue weighted by atomic mass is 16.5. The number of hydrogen-bond acceptors (Lipinski definition) is 6. The Kier molecular flexibility index (Phi) is 4.05. The van der Waals surface area contributed by atoms with Gasteiger partial charge in [0.1, 0.15) is 0 Å². The molecule has 2 heterocycles. The molecule has 0 amide bonds. The molecule has 0 bridgehead atoms. The molecule has 2 fully saturated rings. The van der Waals surface area contributed by atoms with Crippen LogP contribution in [0.3, 0.4) is 0 Å². The first-order valence-corrected chi connectivity index (χ1v) is 7.61. The van der Waals surface area contributed by atoms with Crippen molar-refractivity contribution in [3.8, 4) is 0 Å². The van der Waals surface area contributed by atoms with Gasteiger partial charge in [-0.2, -0.15) is 4.98 Å². The van der Waals surface area contributed by atoms with Crippen molar-refractivity contribution in [3.63, 3.8) is 0 Å². The summed E-state index contributed by atoms with van der Waals surface area (Å²) in [6, 6.07) is 0.525. The average Bonchev–Trinajstić information content (AvgIpc) is 3.01. The molecule has 1 saturated heterocycles. The van der Waals surface area contributed by atoms with E-state index in [-0.39, 0.29) is 6.04 Å². The second-order valence-electron chi connectivity index (χ2n) is 6.37. The van der Waals surface area contributed by atoms with Crippen molar-refractivity contribution in [3.05, 3.63) is 11.7 Å². The molecule has 0 aromatic carbocycles. The van der Waals surface area contributed by atoms with E-state index in [1.54, 1.807) is 0 Å². The third-order valence-electron chi connectivity index (χ3n) is 4.65. The number of hydrogen-bond donors (Lipinski definition) is 1. The first kappa shape index (κ1) is 14.0. The van der Waals surface area contributed by atoms with E-state index in [0.717, 1.165) is 50.6 Å². The minimum atomic E-state index is 0.232. The molecule has 1 aliphatic carbocycles. The van der Waals surface area contributed by atoms with Crippen molar-refractivity contribution < 1.29 is 4.52 Å². The van der Waals surface area contributed by atoms with Crippen molar-refractivity contribution in [2.45, 2.75) is 43.7 Å². The number of nitrogens with two attached hydrogens (primary N) is 1. The maximum Gasteiger partial charge on any atom is 0.229 e. The third-order valence-corrected chi connectivity index (χ3v) is 4.65. The zero-order valence-electron chi connectivity index (χ0n) is 12.5. The summed E-state index contributed by atoms with van der Waals surface area (Å²) in [5.41, 5.74) is 5.97. The molecular formula is C14H25N5O. The van der Waals surface area contributed by atoms with Gasteiger partial charge in [0.05, 0.1) is 6.04 Å². The summed E-state index contributed by atoms with van der Waals surface area (Å²) in [4.78, 5) is 9.35. The van der Waals surface area contributed by atoms with Crippen LogP contribution in [0.2, 0.25) is 0 Å². The first-order chi connectivity index (χ1) is 9.63. The minimum absolute atomic E-state index is 0.232. The maximum absolute atomic E-state index is 5.97. The molecule has 1 aliphatic heterocycles. The number of nitrogens with zero attached hydrogens (tertiary/aromatic N) is 4. The highest BCUT2D eigenvalue weighted by molar-refractivity contribution is 5.03. The Balaban J connectivity index is 1.74. The van der Waals surface area contributed by atoms with E-state index < -0.39 is 0 Å². The zero-order valence-corrected chi connectivity index (χ0v) is 12.5. The molecule has 3 rings (SSSR count). The van der Waals surface area contributed by atoms with Gasteiger partial charge in [-0.1, -0.05) is 5.16 Å². The molecule has 1 aromatic heterocycles. The number of aromatic nitrogens is 2. The second-order valence-corrected chi connectivity index (χ2v) is 6.37. The first-order valence-electron chi connectivity index (χ1n) is 7.61. The lowest BCUT2D eigenvalue weighted by atomic mass is 10.1. The largest absolute Gasteiger partial charge is 0.339 e. The van der Waals surface area contributed by atoms with Crippen molar-refractivity contribution in [2.24, 2.45) is 5.73 Å². The van der Waals surface area contributed by atoms with Crippen LogP contribution in [-0.4, -0.2) is 59.7 Å². The molecule has 2 N–H and O–H groups in total. The Labute approximate surface area is 120 Å². The standard InChI is InChI=1S/C14H25N5O/c1-18-6-3-7-19(2)12(9-18)13-16-14(20-17-13)10-4-5-11(15)8-10/h10-12H,3-9,15H2,1-2H3. The van der Waals surface area contributed by atoms with Crippen LogP contribution in [0.1, 0.15) is 49.4 Å². The summed E-state index contributed by atoms with van der Waals surface area (Å²) in [6.45, 7) is 3.16. The highest BCUT2D eigenvalue weighted by Crippen LogP contribution is 2.33. The Hall–Kier alpha value is -0.980. The Morgan fingerprint density at radius 1 is 1.25 bits per heavy atom. The van der Waals surface area contributed by atoms with Gasteiger partial charge in [-0.05, 0) is 52.9 Å². The van der Waals surface area contributed by atoms with Crippen molar-refractivity contribution in [2.75, 3.05) is 33.7 Å². The average molecular weight is 279 g/mol. The molecule has 2 aliphatic rings. The van der Waals surface area contributed by atoms with E-state index in [2.05, 4.69) is 34.0 Å². The smallest absolute Gasteiger partial charge is 0.229 e. The molecule has 6 heteroatoms. The predicted octanol–water partition coefficient (Wildman–Crippen LogP) is 0.973. The van der Waals surface area contributed by atoms with Gasteiger partial charge < -0.3 is 15.2 Å². The van der Waals surface area contributed by atoms with Crippen LogP contribution in [0.25, 0.3) is 0 Å². The second kappa shape index (κ2) is 5.79. The fraction of sp³-hybridized carbons (Fsp3) is 0.857. The summed E-state index contributed by atoms with van der Waals surface area (Å²) in [5.74, 6) is 1.98. The summed E-state index contributed by atoms with van der Waals surface area (Å²) in [7, 11) is 4.30. The predicted molar refractivity (Wildman–Crippen MR) is 76.4 cm³/mol. The Morgan fingerprint density at radius 3 is 2.85 bits per heavy atom. The molecule has 20 heavy (non-hydrogen) atoms. The lowest BCUT2D eigenvalue weighted by molar-refractivity contribution is 0.214. The van der Waals surface area contributed by atoms with Crippen LogP contribution in [0.15, 0.2) is 4.52 Å². The van der Waals surface area contributed by atoms with E-state index in [4.69, 9.17) is 10.3 Å². The highest BCUT2D eigenvalue weighted by Gasteiger charge is 2.31. The summed E-state index contributed by atoms with van der Waals surface area (Å²) >= 11 is 0. The molecule has 0 radical (unpaired) electrons. The maximum atomic E-state index is 5.97. The van der Waals surface area contributed by atoms with E-state index in [0.29, 0.717) is 12.0 Å². The van der Waals surface area contributed by atoms with Crippen LogP contribution in [0.4, 0.5) is 0 Å². The molecule has 3 atom stereocenters. The molecule has 0 spiro atoms. The van der Waals surface area contributed by atoms with Gasteiger partial charge in [-0.15, -0.1) is 0 Å². The van der Waals surface area contributed by atoms with E-state index >= 15 is 0 Å². The van der Waals surface area contributed by atoms with E-state index in [9.17, 15) is 0 Å². The quantitative estimate of drug-likeness (QED) is 0.870. The Bertz CT molecular complexity index is 449. The van der Waals surface area contributed by atoms with Gasteiger partial charge in [0.25, 0.3) is 0 Å². The van der Waals surface area contributed by atoms with Gasteiger partial charge in [0, 0.05) is 18.5 Å². The van der Waals surface area contributed by atoms with Crippen molar-refractivity contribution >= 4 is 0 Å². The fourth-order valence-corrected chi connectivity index (χ4v) is 3.34. The van der Waals surface area contributed by atoms with Crippen molar-refractivity contribution in [1.82, 2.24) is 19.9 Å². The molecule has 112 valence electrons. The van der Waals surface area contributed by atoms with Crippen LogP contribution in [0, 0.1) is 0 Å². The van der Waals surface area contributed by atoms with Crippen LogP contribution in [-0.2, 0) is 0 Å². The lowest BCUT2D eigenvalue weighted by Gasteiger charge is -2.24. The topological polar surface area (TPSA) is 71.4 Å². The lowest BCUT2D eigenvalue weighted by Crippen LogP contribution is -2.31. The summed E-state index contributed by atoms with van der Waals surface area (Å²) in [5, 5.41) is 4.24. The van der Waals surface area contributed by atoms with Gasteiger partial charge in [0.2, 0.25) is 5.89 Å². The number of likely N-dealkylation sites (N-methyl/N-ethyl adjacent to an activating group) is 2. The van der Waals surface area contributed by atoms with Crippen LogP contribution in [0.5, 0.6) is 0 Å². The van der Waals surface area contributed by atoms with E-state index in [1.165, 1.54) is 6.42 Å². The number of rotatable bonds is 2. The third kappa shape index (κ3) is 2.87. The normalized spacial score (nSPS) is 33.5. The SMILES string of the molecule is CN1CCCN(C)C(c2noc(C3CCC(N)C3)n2)C1. The molecule has 3 unspecified atom stereocenters. The molecule has 6 nitrogen and oxygen atoms in total. The summed E-state index contributed by atoms with van der Waals surface area (Å²) < 4.78 is 5.51. The van der Waals surface area contributed by atoms with Gasteiger partial charge >= 0.3 is 0 Å². The van der Waals surface area contributed by atoms with Gasteiger partial charge in [0.15, 0.2) is 5.82 Å².